The first-order valence-corrected chi connectivity index (χ1v) is 6.85. The number of carboxylic acid groups (broad SMARTS) is 1. The van der Waals surface area contributed by atoms with E-state index in [0.29, 0.717) is 17.3 Å². The Bertz CT molecular complexity index is 378. The number of fused-ring (bicyclic) bond motifs is 5. The molecule has 102 valence electrons. The van der Waals surface area contributed by atoms with E-state index in [1.807, 2.05) is 0 Å². The summed E-state index contributed by atoms with van der Waals surface area (Å²) in [5.41, 5.74) is 0.559. The summed E-state index contributed by atoms with van der Waals surface area (Å²) in [5, 5.41) is 8.65. The van der Waals surface area contributed by atoms with E-state index in [-0.39, 0.29) is 24.4 Å². The van der Waals surface area contributed by atoms with Gasteiger partial charge in [-0.15, -0.1) is 0 Å². The molecule has 5 atom stereocenters. The molecule has 2 saturated carbocycles. The van der Waals surface area contributed by atoms with Crippen LogP contribution in [0, 0.1) is 22.7 Å². The Kier molecular flexibility index (Phi) is 2.55. The Hall–Kier alpha value is -0.610. The van der Waals surface area contributed by atoms with Crippen LogP contribution in [0.1, 0.15) is 40.0 Å². The number of hydrogen-bond acceptors (Lipinski definition) is 3. The number of aliphatic carboxylic acids is 1. The average Bonchev–Trinajstić information content (AvgIpc) is 2.83. The Labute approximate surface area is 108 Å². The smallest absolute Gasteiger partial charge is 0.329 e. The fourth-order valence-electron chi connectivity index (χ4n) is 4.76. The van der Waals surface area contributed by atoms with Crippen LogP contribution < -0.4 is 0 Å². The van der Waals surface area contributed by atoms with Crippen LogP contribution in [0.5, 0.6) is 0 Å². The first-order chi connectivity index (χ1) is 8.36. The molecule has 2 aliphatic carbocycles. The maximum atomic E-state index is 10.5. The summed E-state index contributed by atoms with van der Waals surface area (Å²) in [6.45, 7) is 6.80. The van der Waals surface area contributed by atoms with Gasteiger partial charge in [-0.1, -0.05) is 20.8 Å². The van der Waals surface area contributed by atoms with E-state index >= 15 is 0 Å². The van der Waals surface area contributed by atoms with Crippen LogP contribution in [-0.4, -0.2) is 30.1 Å². The van der Waals surface area contributed by atoms with E-state index in [1.165, 1.54) is 12.8 Å². The van der Waals surface area contributed by atoms with Crippen molar-refractivity contribution in [2.45, 2.75) is 52.4 Å². The summed E-state index contributed by atoms with van der Waals surface area (Å²) >= 11 is 0. The molecule has 0 unspecified atom stereocenters. The van der Waals surface area contributed by atoms with Crippen molar-refractivity contribution < 1.29 is 19.4 Å². The molecule has 0 aromatic carbocycles. The Morgan fingerprint density at radius 2 is 2.17 bits per heavy atom. The first kappa shape index (κ1) is 12.4. The summed E-state index contributed by atoms with van der Waals surface area (Å²) in [5.74, 6) is 0.327. The van der Waals surface area contributed by atoms with Crippen molar-refractivity contribution in [3.8, 4) is 0 Å². The lowest BCUT2D eigenvalue weighted by Gasteiger charge is -2.38. The van der Waals surface area contributed by atoms with E-state index in [9.17, 15) is 4.79 Å². The molecule has 3 aliphatic rings. The van der Waals surface area contributed by atoms with Gasteiger partial charge in [0.15, 0.2) is 6.29 Å². The molecule has 1 saturated heterocycles. The average molecular weight is 254 g/mol. The van der Waals surface area contributed by atoms with Crippen molar-refractivity contribution in [2.24, 2.45) is 22.7 Å². The van der Waals surface area contributed by atoms with Crippen molar-refractivity contribution in [1.29, 1.82) is 0 Å². The minimum absolute atomic E-state index is 0.226. The summed E-state index contributed by atoms with van der Waals surface area (Å²) in [7, 11) is 0. The SMILES string of the molecule is CC1(C)[C@@H]2CC[C@@]1(C)[C@@H]1O[C@@H](OCC(=O)O)C[C@H]21. The van der Waals surface area contributed by atoms with Crippen molar-refractivity contribution in [3.05, 3.63) is 0 Å². The third-order valence-corrected chi connectivity index (χ3v) is 6.06. The summed E-state index contributed by atoms with van der Waals surface area (Å²) < 4.78 is 11.3. The highest BCUT2D eigenvalue weighted by molar-refractivity contribution is 5.68. The summed E-state index contributed by atoms with van der Waals surface area (Å²) in [6, 6.07) is 0. The quantitative estimate of drug-likeness (QED) is 0.839. The molecule has 3 rings (SSSR count). The second kappa shape index (κ2) is 3.70. The predicted octanol–water partition coefficient (Wildman–Crippen LogP) is 2.27. The Morgan fingerprint density at radius 3 is 2.78 bits per heavy atom. The van der Waals surface area contributed by atoms with Crippen LogP contribution >= 0.6 is 0 Å². The Balaban J connectivity index is 1.73. The van der Waals surface area contributed by atoms with Crippen LogP contribution in [-0.2, 0) is 14.3 Å². The molecule has 4 heteroatoms. The summed E-state index contributed by atoms with van der Waals surface area (Å²) in [6.07, 6.45) is 3.30. The lowest BCUT2D eigenvalue weighted by molar-refractivity contribution is -0.177. The van der Waals surface area contributed by atoms with E-state index in [0.717, 1.165) is 6.42 Å². The maximum absolute atomic E-state index is 10.5. The van der Waals surface area contributed by atoms with Gasteiger partial charge in [0.2, 0.25) is 0 Å². The highest BCUT2D eigenvalue weighted by Gasteiger charge is 2.69. The van der Waals surface area contributed by atoms with E-state index in [2.05, 4.69) is 20.8 Å². The summed E-state index contributed by atoms with van der Waals surface area (Å²) in [4.78, 5) is 10.5. The molecule has 0 aromatic rings. The number of ether oxygens (including phenoxy) is 2. The number of carbonyl (C=O) groups is 1. The molecular weight excluding hydrogens is 232 g/mol. The van der Waals surface area contributed by atoms with Crippen molar-refractivity contribution in [1.82, 2.24) is 0 Å². The molecule has 1 heterocycles. The number of rotatable bonds is 3. The van der Waals surface area contributed by atoms with Gasteiger partial charge in [0.25, 0.3) is 0 Å². The lowest BCUT2D eigenvalue weighted by atomic mass is 9.70. The second-order valence-electron chi connectivity index (χ2n) is 6.87. The monoisotopic (exact) mass is 254 g/mol. The molecule has 1 aliphatic heterocycles. The zero-order valence-corrected chi connectivity index (χ0v) is 11.3. The standard InChI is InChI=1S/C14H22O4/c1-13(2)9-4-5-14(13,3)12-8(9)6-11(18-12)17-7-10(15)16/h8-9,11-12H,4-7H2,1-3H3,(H,15,16)/t8-,9-,11-,12-,14+/m1/s1. The molecule has 0 amide bonds. The van der Waals surface area contributed by atoms with Gasteiger partial charge in [0, 0.05) is 6.42 Å². The minimum Gasteiger partial charge on any atom is -0.480 e. The van der Waals surface area contributed by atoms with Gasteiger partial charge in [-0.25, -0.2) is 4.79 Å². The zero-order valence-electron chi connectivity index (χ0n) is 11.3. The van der Waals surface area contributed by atoms with Gasteiger partial charge < -0.3 is 14.6 Å². The van der Waals surface area contributed by atoms with Gasteiger partial charge in [-0.2, -0.15) is 0 Å². The minimum atomic E-state index is -0.926. The van der Waals surface area contributed by atoms with Gasteiger partial charge >= 0.3 is 5.97 Å². The van der Waals surface area contributed by atoms with Gasteiger partial charge in [0.05, 0.1) is 6.10 Å². The number of hydrogen-bond donors (Lipinski definition) is 1. The highest BCUT2D eigenvalue weighted by Crippen LogP contribution is 2.71. The third kappa shape index (κ3) is 1.42. The van der Waals surface area contributed by atoms with Gasteiger partial charge in [-0.05, 0) is 35.5 Å². The molecule has 2 bridgehead atoms. The molecule has 0 aromatic heterocycles. The van der Waals surface area contributed by atoms with Crippen LogP contribution in [0.15, 0.2) is 0 Å². The van der Waals surface area contributed by atoms with Crippen molar-refractivity contribution in [2.75, 3.05) is 6.61 Å². The lowest BCUT2D eigenvalue weighted by Crippen LogP contribution is -2.38. The molecule has 0 spiro atoms. The van der Waals surface area contributed by atoms with Gasteiger partial charge in [-0.3, -0.25) is 0 Å². The first-order valence-electron chi connectivity index (χ1n) is 6.85. The van der Waals surface area contributed by atoms with Gasteiger partial charge in [0.1, 0.15) is 6.61 Å². The van der Waals surface area contributed by atoms with Crippen molar-refractivity contribution >= 4 is 5.97 Å². The Morgan fingerprint density at radius 1 is 1.44 bits per heavy atom. The van der Waals surface area contributed by atoms with E-state index in [1.54, 1.807) is 0 Å². The molecule has 4 nitrogen and oxygen atoms in total. The molecule has 1 N–H and O–H groups in total. The van der Waals surface area contributed by atoms with Crippen molar-refractivity contribution in [3.63, 3.8) is 0 Å². The van der Waals surface area contributed by atoms with E-state index in [4.69, 9.17) is 14.6 Å². The molecule has 3 fully saturated rings. The topological polar surface area (TPSA) is 55.8 Å². The largest absolute Gasteiger partial charge is 0.480 e. The van der Waals surface area contributed by atoms with Crippen LogP contribution in [0.2, 0.25) is 0 Å². The van der Waals surface area contributed by atoms with Crippen LogP contribution in [0.3, 0.4) is 0 Å². The third-order valence-electron chi connectivity index (χ3n) is 6.06. The highest BCUT2D eigenvalue weighted by atomic mass is 16.7. The molecular formula is C14H22O4. The van der Waals surface area contributed by atoms with E-state index < -0.39 is 5.97 Å². The molecule has 18 heavy (non-hydrogen) atoms. The fourth-order valence-corrected chi connectivity index (χ4v) is 4.76. The molecule has 0 radical (unpaired) electrons. The fraction of sp³-hybridized carbons (Fsp3) is 0.929. The van der Waals surface area contributed by atoms with Crippen LogP contribution in [0.25, 0.3) is 0 Å². The zero-order chi connectivity index (χ0) is 13.1. The van der Waals surface area contributed by atoms with Crippen LogP contribution in [0.4, 0.5) is 0 Å². The normalized spacial score (nSPS) is 48.4. The number of carboxylic acids is 1. The predicted molar refractivity (Wildman–Crippen MR) is 65.0 cm³/mol. The second-order valence-corrected chi connectivity index (χ2v) is 6.87. The maximum Gasteiger partial charge on any atom is 0.329 e.